The van der Waals surface area contributed by atoms with Crippen LogP contribution in [-0.4, -0.2) is 32.7 Å². The summed E-state index contributed by atoms with van der Waals surface area (Å²) in [6.45, 7) is 8.92. The monoisotopic (exact) mass is 443 g/mol. The summed E-state index contributed by atoms with van der Waals surface area (Å²) in [5, 5.41) is 3.42. The van der Waals surface area contributed by atoms with Crippen LogP contribution in [0.3, 0.4) is 0 Å². The van der Waals surface area contributed by atoms with Crippen LogP contribution in [0.2, 0.25) is 5.15 Å². The summed E-state index contributed by atoms with van der Waals surface area (Å²) in [6.07, 6.45) is 6.92. The Labute approximate surface area is 177 Å². The molecular weight excluding hydrogens is 413 g/mol. The van der Waals surface area contributed by atoms with E-state index in [1.807, 2.05) is 4.57 Å². The molecular formula is C19H31ClN5O3P. The highest BCUT2D eigenvalue weighted by Gasteiger charge is 2.42. The molecule has 0 amide bonds. The van der Waals surface area contributed by atoms with E-state index in [2.05, 4.69) is 34.1 Å². The first-order valence-corrected chi connectivity index (χ1v) is 12.2. The molecule has 0 aliphatic heterocycles. The zero-order chi connectivity index (χ0) is 21.3. The van der Waals surface area contributed by atoms with Crippen molar-refractivity contribution in [1.82, 2.24) is 19.5 Å². The van der Waals surface area contributed by atoms with Gasteiger partial charge in [0.25, 0.3) is 0 Å². The van der Waals surface area contributed by atoms with Crippen molar-refractivity contribution in [3.8, 4) is 0 Å². The van der Waals surface area contributed by atoms with E-state index in [0.29, 0.717) is 18.2 Å². The van der Waals surface area contributed by atoms with E-state index in [0.717, 1.165) is 31.5 Å². The fourth-order valence-corrected chi connectivity index (χ4v) is 5.39. The smallest absolute Gasteiger partial charge is 0.335 e. The lowest BCUT2D eigenvalue weighted by atomic mass is 10.2. The maximum atomic E-state index is 13.8. The topological polar surface area (TPSA) is 91.2 Å². The first kappa shape index (κ1) is 23.8. The molecule has 0 saturated heterocycles. The molecule has 0 radical (unpaired) electrons. The minimum atomic E-state index is -3.64. The standard InChI is InChI=1S/C19H31ClN5O3P/c1-5-9-11-15-23-17(20)16(25(15)14-6-2)18(24-19-21-12-10-13-22-19)29(26,27-7-3)28-8-4/h10,12-13,18H,5-9,11,14H2,1-4H3,(H,21,22,24). The van der Waals surface area contributed by atoms with Crippen molar-refractivity contribution in [2.24, 2.45) is 0 Å². The van der Waals surface area contributed by atoms with Gasteiger partial charge in [0.15, 0.2) is 10.9 Å². The molecule has 0 aliphatic rings. The van der Waals surface area contributed by atoms with E-state index in [4.69, 9.17) is 20.6 Å². The van der Waals surface area contributed by atoms with Gasteiger partial charge in [-0.15, -0.1) is 0 Å². The Morgan fingerprint density at radius 1 is 1.14 bits per heavy atom. The lowest BCUT2D eigenvalue weighted by Crippen LogP contribution is -2.21. The lowest BCUT2D eigenvalue weighted by Gasteiger charge is -2.28. The second kappa shape index (κ2) is 11.6. The van der Waals surface area contributed by atoms with Crippen molar-refractivity contribution in [2.75, 3.05) is 18.5 Å². The molecule has 0 aliphatic carbocycles. The van der Waals surface area contributed by atoms with Crippen LogP contribution in [0.25, 0.3) is 0 Å². The SMILES string of the molecule is CCCCc1nc(Cl)c(C(Nc2ncccn2)P(=O)(OCC)OCC)n1CCC. The van der Waals surface area contributed by atoms with Gasteiger partial charge in [-0.3, -0.25) is 4.57 Å². The van der Waals surface area contributed by atoms with Crippen LogP contribution in [-0.2, 0) is 26.6 Å². The number of aromatic nitrogens is 4. The summed E-state index contributed by atoms with van der Waals surface area (Å²) in [6, 6.07) is 1.71. The third-order valence-electron chi connectivity index (χ3n) is 4.27. The van der Waals surface area contributed by atoms with Crippen molar-refractivity contribution in [3.63, 3.8) is 0 Å². The second-order valence-corrected chi connectivity index (χ2v) is 8.92. The number of hydrogen-bond acceptors (Lipinski definition) is 7. The predicted molar refractivity (Wildman–Crippen MR) is 115 cm³/mol. The molecule has 0 bridgehead atoms. The lowest BCUT2D eigenvalue weighted by molar-refractivity contribution is 0.213. The molecule has 10 heteroatoms. The number of aryl methyl sites for hydroxylation is 1. The van der Waals surface area contributed by atoms with E-state index in [1.54, 1.807) is 32.3 Å². The number of halogens is 1. The van der Waals surface area contributed by atoms with Crippen molar-refractivity contribution in [3.05, 3.63) is 35.1 Å². The van der Waals surface area contributed by atoms with Crippen LogP contribution < -0.4 is 5.32 Å². The highest BCUT2D eigenvalue weighted by Crippen LogP contribution is 2.61. The molecule has 2 aromatic rings. The maximum Gasteiger partial charge on any atom is 0.358 e. The van der Waals surface area contributed by atoms with Gasteiger partial charge in [0, 0.05) is 25.4 Å². The Morgan fingerprint density at radius 3 is 2.34 bits per heavy atom. The van der Waals surface area contributed by atoms with Gasteiger partial charge in [0.1, 0.15) is 5.82 Å². The third kappa shape index (κ3) is 6.01. The van der Waals surface area contributed by atoms with E-state index in [1.165, 1.54) is 0 Å². The first-order chi connectivity index (χ1) is 14.0. The molecule has 0 saturated carbocycles. The number of nitrogens with one attached hydrogen (secondary N) is 1. The Kier molecular flexibility index (Phi) is 9.56. The molecule has 8 nitrogen and oxygen atoms in total. The Hall–Kier alpha value is -1.47. The second-order valence-electron chi connectivity index (χ2n) is 6.45. The van der Waals surface area contributed by atoms with Crippen LogP contribution in [0.1, 0.15) is 64.3 Å². The van der Waals surface area contributed by atoms with Gasteiger partial charge in [-0.05, 0) is 32.8 Å². The minimum Gasteiger partial charge on any atom is -0.335 e. The van der Waals surface area contributed by atoms with Gasteiger partial charge in [0.2, 0.25) is 5.95 Å². The quantitative estimate of drug-likeness (QED) is 0.411. The largest absolute Gasteiger partial charge is 0.358 e. The number of anilines is 1. The zero-order valence-electron chi connectivity index (χ0n) is 17.6. The molecule has 0 aromatic carbocycles. The molecule has 1 atom stereocenters. The van der Waals surface area contributed by atoms with Gasteiger partial charge in [0.05, 0.1) is 18.9 Å². The molecule has 29 heavy (non-hydrogen) atoms. The van der Waals surface area contributed by atoms with Gasteiger partial charge >= 0.3 is 7.60 Å². The fraction of sp³-hybridized carbons (Fsp3) is 0.632. The van der Waals surface area contributed by atoms with Crippen molar-refractivity contribution >= 4 is 25.1 Å². The van der Waals surface area contributed by atoms with Crippen LogP contribution in [0.15, 0.2) is 18.5 Å². The molecule has 0 fully saturated rings. The zero-order valence-corrected chi connectivity index (χ0v) is 19.2. The summed E-state index contributed by atoms with van der Waals surface area (Å²) in [4.78, 5) is 13.0. The summed E-state index contributed by atoms with van der Waals surface area (Å²) in [7, 11) is -3.64. The molecule has 2 aromatic heterocycles. The molecule has 162 valence electrons. The molecule has 1 unspecified atom stereocenters. The van der Waals surface area contributed by atoms with E-state index in [-0.39, 0.29) is 18.4 Å². The number of rotatable bonds is 13. The summed E-state index contributed by atoms with van der Waals surface area (Å²) < 4.78 is 27.1. The molecule has 2 rings (SSSR count). The van der Waals surface area contributed by atoms with E-state index in [9.17, 15) is 4.57 Å². The Bertz CT molecular complexity index is 793. The number of imidazole rings is 1. The highest BCUT2D eigenvalue weighted by atomic mass is 35.5. The fourth-order valence-electron chi connectivity index (χ4n) is 3.08. The maximum absolute atomic E-state index is 13.8. The van der Waals surface area contributed by atoms with Crippen molar-refractivity contribution < 1.29 is 13.6 Å². The molecule has 0 spiro atoms. The van der Waals surface area contributed by atoms with Gasteiger partial charge < -0.3 is 18.9 Å². The van der Waals surface area contributed by atoms with Crippen LogP contribution in [0.5, 0.6) is 0 Å². The number of hydrogen-bond donors (Lipinski definition) is 1. The first-order valence-electron chi connectivity index (χ1n) is 10.2. The van der Waals surface area contributed by atoms with Crippen molar-refractivity contribution in [1.29, 1.82) is 0 Å². The van der Waals surface area contributed by atoms with Crippen molar-refractivity contribution in [2.45, 2.75) is 65.7 Å². The average molecular weight is 444 g/mol. The number of unbranched alkanes of at least 4 members (excludes halogenated alkanes) is 1. The van der Waals surface area contributed by atoms with E-state index >= 15 is 0 Å². The highest BCUT2D eigenvalue weighted by molar-refractivity contribution is 7.54. The summed E-state index contributed by atoms with van der Waals surface area (Å²) >= 11 is 6.59. The molecule has 1 N–H and O–H groups in total. The van der Waals surface area contributed by atoms with E-state index < -0.39 is 13.4 Å². The molecule has 2 heterocycles. The van der Waals surface area contributed by atoms with Gasteiger partial charge in [-0.1, -0.05) is 31.9 Å². The third-order valence-corrected chi connectivity index (χ3v) is 6.79. The Morgan fingerprint density at radius 2 is 1.79 bits per heavy atom. The average Bonchev–Trinajstić information content (AvgIpc) is 3.01. The summed E-state index contributed by atoms with van der Waals surface area (Å²) in [5.74, 6) is 0.299. The van der Waals surface area contributed by atoms with Gasteiger partial charge in [-0.2, -0.15) is 0 Å². The number of nitrogens with zero attached hydrogens (tertiary/aromatic N) is 4. The summed E-state index contributed by atoms with van der Waals surface area (Å²) in [5.41, 5.74) is 0.581. The van der Waals surface area contributed by atoms with Crippen LogP contribution >= 0.6 is 19.2 Å². The van der Waals surface area contributed by atoms with Crippen LogP contribution in [0.4, 0.5) is 5.95 Å². The van der Waals surface area contributed by atoms with Gasteiger partial charge in [-0.25, -0.2) is 15.0 Å². The predicted octanol–water partition coefficient (Wildman–Crippen LogP) is 5.46. The van der Waals surface area contributed by atoms with Crippen LogP contribution in [0, 0.1) is 0 Å². The normalized spacial score (nSPS) is 12.9. The minimum absolute atomic E-state index is 0.229. The Balaban J connectivity index is 2.60.